The number of aliphatic hydroxyl groups is 2. The summed E-state index contributed by atoms with van der Waals surface area (Å²) in [5.41, 5.74) is -0.276. The molecule has 2 unspecified atom stereocenters. The van der Waals surface area contributed by atoms with Gasteiger partial charge in [0.05, 0.1) is 6.61 Å². The van der Waals surface area contributed by atoms with Crippen molar-refractivity contribution in [1.82, 2.24) is 0 Å². The van der Waals surface area contributed by atoms with E-state index in [1.807, 2.05) is 6.92 Å². The normalized spacial score (nSPS) is 32.8. The van der Waals surface area contributed by atoms with E-state index in [1.54, 1.807) is 6.08 Å². The molecular weight excluding hydrogens is 212 g/mol. The molecule has 2 nitrogen and oxygen atoms in total. The molecular formula is C15H24O2. The summed E-state index contributed by atoms with van der Waals surface area (Å²) in [7, 11) is 0. The van der Waals surface area contributed by atoms with Crippen LogP contribution in [0, 0.1) is 23.2 Å². The largest absolute Gasteiger partial charge is 0.392 e. The van der Waals surface area contributed by atoms with Gasteiger partial charge in [0.15, 0.2) is 0 Å². The van der Waals surface area contributed by atoms with Crippen LogP contribution in [-0.4, -0.2) is 22.4 Å². The first-order chi connectivity index (χ1) is 7.83. The quantitative estimate of drug-likeness (QED) is 0.687. The van der Waals surface area contributed by atoms with Crippen molar-refractivity contribution in [3.05, 3.63) is 11.6 Å². The lowest BCUT2D eigenvalue weighted by molar-refractivity contribution is -0.0860. The molecule has 1 aliphatic rings. The third-order valence-electron chi connectivity index (χ3n) is 4.03. The first kappa shape index (κ1) is 14.3. The SMILES string of the molecule is C/C(C#CC1(O)C(C)CCCC1(C)C)=C\CO. The lowest BCUT2D eigenvalue weighted by Crippen LogP contribution is -2.51. The zero-order valence-electron chi connectivity index (χ0n) is 11.4. The van der Waals surface area contributed by atoms with Gasteiger partial charge in [0.25, 0.3) is 0 Å². The van der Waals surface area contributed by atoms with E-state index < -0.39 is 5.60 Å². The molecule has 0 aliphatic heterocycles. The first-order valence-corrected chi connectivity index (χ1v) is 6.36. The Morgan fingerprint density at radius 2 is 2.12 bits per heavy atom. The summed E-state index contributed by atoms with van der Waals surface area (Å²) in [6.07, 6.45) is 4.85. The molecule has 2 N–H and O–H groups in total. The number of allylic oxidation sites excluding steroid dienone is 1. The Bertz CT molecular complexity index is 357. The van der Waals surface area contributed by atoms with Gasteiger partial charge in [0, 0.05) is 5.41 Å². The lowest BCUT2D eigenvalue weighted by atomic mass is 9.61. The van der Waals surface area contributed by atoms with Gasteiger partial charge in [-0.2, -0.15) is 0 Å². The molecule has 96 valence electrons. The summed E-state index contributed by atoms with van der Waals surface area (Å²) in [5.74, 6) is 6.22. The summed E-state index contributed by atoms with van der Waals surface area (Å²) in [4.78, 5) is 0. The highest BCUT2D eigenvalue weighted by Gasteiger charge is 2.48. The van der Waals surface area contributed by atoms with E-state index in [2.05, 4.69) is 32.6 Å². The maximum atomic E-state index is 10.8. The van der Waals surface area contributed by atoms with Crippen LogP contribution in [0.15, 0.2) is 11.6 Å². The summed E-state index contributed by atoms with van der Waals surface area (Å²) in [6, 6.07) is 0. The van der Waals surface area contributed by atoms with E-state index in [0.29, 0.717) is 0 Å². The smallest absolute Gasteiger partial charge is 0.133 e. The first-order valence-electron chi connectivity index (χ1n) is 6.36. The van der Waals surface area contributed by atoms with Crippen molar-refractivity contribution in [2.75, 3.05) is 6.61 Å². The van der Waals surface area contributed by atoms with Crippen LogP contribution in [0.1, 0.15) is 47.0 Å². The highest BCUT2D eigenvalue weighted by atomic mass is 16.3. The second-order valence-electron chi connectivity index (χ2n) is 5.76. The topological polar surface area (TPSA) is 40.5 Å². The fourth-order valence-corrected chi connectivity index (χ4v) is 2.59. The van der Waals surface area contributed by atoms with Gasteiger partial charge in [0.1, 0.15) is 5.60 Å². The lowest BCUT2D eigenvalue weighted by Gasteiger charge is -2.47. The second kappa shape index (κ2) is 5.25. The molecule has 0 heterocycles. The van der Waals surface area contributed by atoms with Crippen LogP contribution in [0.2, 0.25) is 0 Å². The third-order valence-corrected chi connectivity index (χ3v) is 4.03. The van der Waals surface area contributed by atoms with Crippen molar-refractivity contribution in [3.8, 4) is 11.8 Å². The summed E-state index contributed by atoms with van der Waals surface area (Å²) in [5, 5.41) is 19.6. The predicted octanol–water partition coefficient (Wildman–Crippen LogP) is 2.51. The Balaban J connectivity index is 3.01. The molecule has 0 bridgehead atoms. The van der Waals surface area contributed by atoms with Crippen molar-refractivity contribution in [2.24, 2.45) is 11.3 Å². The van der Waals surface area contributed by atoms with E-state index in [1.165, 1.54) is 0 Å². The molecule has 0 amide bonds. The number of rotatable bonds is 1. The van der Waals surface area contributed by atoms with Crippen LogP contribution in [0.4, 0.5) is 0 Å². The Kier molecular flexibility index (Phi) is 4.41. The molecule has 1 aliphatic carbocycles. The van der Waals surface area contributed by atoms with Crippen molar-refractivity contribution in [2.45, 2.75) is 52.6 Å². The molecule has 1 saturated carbocycles. The van der Waals surface area contributed by atoms with E-state index >= 15 is 0 Å². The minimum atomic E-state index is -0.921. The average molecular weight is 236 g/mol. The minimum Gasteiger partial charge on any atom is -0.392 e. The zero-order valence-corrected chi connectivity index (χ0v) is 11.4. The molecule has 2 heteroatoms. The van der Waals surface area contributed by atoms with Crippen LogP contribution in [0.5, 0.6) is 0 Å². The molecule has 0 aromatic carbocycles. The highest BCUT2D eigenvalue weighted by Crippen LogP contribution is 2.46. The van der Waals surface area contributed by atoms with Crippen LogP contribution < -0.4 is 0 Å². The second-order valence-corrected chi connectivity index (χ2v) is 5.76. The van der Waals surface area contributed by atoms with Crippen molar-refractivity contribution >= 4 is 0 Å². The predicted molar refractivity (Wildman–Crippen MR) is 70.4 cm³/mol. The van der Waals surface area contributed by atoms with Gasteiger partial charge in [-0.15, -0.1) is 0 Å². The summed E-state index contributed by atoms with van der Waals surface area (Å²) >= 11 is 0. The molecule has 17 heavy (non-hydrogen) atoms. The third kappa shape index (κ3) is 2.91. The highest BCUT2D eigenvalue weighted by molar-refractivity contribution is 5.32. The molecule has 0 aromatic rings. The number of hydrogen-bond donors (Lipinski definition) is 2. The van der Waals surface area contributed by atoms with Crippen LogP contribution in [-0.2, 0) is 0 Å². The van der Waals surface area contributed by atoms with E-state index in [-0.39, 0.29) is 17.9 Å². The molecule has 0 saturated heterocycles. The Morgan fingerprint density at radius 1 is 1.47 bits per heavy atom. The van der Waals surface area contributed by atoms with Gasteiger partial charge >= 0.3 is 0 Å². The Labute approximate surface area is 105 Å². The van der Waals surface area contributed by atoms with Gasteiger partial charge < -0.3 is 10.2 Å². The molecule has 1 rings (SSSR count). The fourth-order valence-electron chi connectivity index (χ4n) is 2.59. The molecule has 0 radical (unpaired) electrons. The standard InChI is InChI=1S/C15H24O2/c1-12(8-11-16)7-10-15(17)13(2)6-5-9-14(15,3)4/h8,13,16-17H,5-6,9,11H2,1-4H3/b12-8+. The van der Waals surface area contributed by atoms with Crippen LogP contribution in [0.25, 0.3) is 0 Å². The monoisotopic (exact) mass is 236 g/mol. The fraction of sp³-hybridized carbons (Fsp3) is 0.733. The number of hydrogen-bond acceptors (Lipinski definition) is 2. The summed E-state index contributed by atoms with van der Waals surface area (Å²) in [6.45, 7) is 8.09. The molecule has 1 fully saturated rings. The van der Waals surface area contributed by atoms with Crippen LogP contribution in [0.3, 0.4) is 0 Å². The Morgan fingerprint density at radius 3 is 2.65 bits per heavy atom. The summed E-state index contributed by atoms with van der Waals surface area (Å²) < 4.78 is 0. The van der Waals surface area contributed by atoms with Crippen molar-refractivity contribution < 1.29 is 10.2 Å². The maximum absolute atomic E-state index is 10.8. The van der Waals surface area contributed by atoms with Gasteiger partial charge in [-0.05, 0) is 37.3 Å². The molecule has 0 spiro atoms. The molecule has 0 aromatic heterocycles. The zero-order chi connectivity index (χ0) is 13.1. The Hall–Kier alpha value is -0.780. The minimum absolute atomic E-state index is 0.00209. The van der Waals surface area contributed by atoms with Crippen LogP contribution >= 0.6 is 0 Å². The van der Waals surface area contributed by atoms with E-state index in [4.69, 9.17) is 5.11 Å². The van der Waals surface area contributed by atoms with Gasteiger partial charge in [0.2, 0.25) is 0 Å². The van der Waals surface area contributed by atoms with E-state index in [0.717, 1.165) is 24.8 Å². The van der Waals surface area contributed by atoms with Crippen molar-refractivity contribution in [3.63, 3.8) is 0 Å². The maximum Gasteiger partial charge on any atom is 0.133 e. The van der Waals surface area contributed by atoms with Gasteiger partial charge in [-0.3, -0.25) is 0 Å². The average Bonchev–Trinajstić information content (AvgIpc) is 2.24. The van der Waals surface area contributed by atoms with Crippen molar-refractivity contribution in [1.29, 1.82) is 0 Å². The van der Waals surface area contributed by atoms with Gasteiger partial charge in [-0.1, -0.05) is 39.0 Å². The molecule has 2 atom stereocenters. The van der Waals surface area contributed by atoms with E-state index in [9.17, 15) is 5.11 Å². The number of aliphatic hydroxyl groups excluding tert-OH is 1. The van der Waals surface area contributed by atoms with Gasteiger partial charge in [-0.25, -0.2) is 0 Å².